The summed E-state index contributed by atoms with van der Waals surface area (Å²) in [6.07, 6.45) is -3.92. The molecule has 0 unspecified atom stereocenters. The minimum atomic E-state index is -4.20. The second-order valence-corrected chi connectivity index (χ2v) is 5.27. The molecule has 0 aliphatic carbocycles. The monoisotopic (exact) mass is 343 g/mol. The number of nitrogens with zero attached hydrogens (tertiary/aromatic N) is 1. The molecule has 0 saturated carbocycles. The van der Waals surface area contributed by atoms with Crippen LogP contribution < -0.4 is 11.1 Å². The van der Waals surface area contributed by atoms with Gasteiger partial charge in [-0.25, -0.2) is 4.98 Å². The van der Waals surface area contributed by atoms with E-state index in [0.717, 1.165) is 0 Å². The normalized spacial score (nSPS) is 11.3. The van der Waals surface area contributed by atoms with E-state index >= 15 is 0 Å². The van der Waals surface area contributed by atoms with Crippen LogP contribution in [0.15, 0.2) is 36.5 Å². The minimum absolute atomic E-state index is 0.110. The van der Waals surface area contributed by atoms with Gasteiger partial charge >= 0.3 is 6.18 Å². The topological polar surface area (TPSA) is 68.0 Å². The highest BCUT2D eigenvalue weighted by Crippen LogP contribution is 2.26. The molecule has 2 aromatic rings. The molecule has 1 heterocycles. The predicted octanol–water partition coefficient (Wildman–Crippen LogP) is 4.07. The van der Waals surface area contributed by atoms with Crippen LogP contribution in [0.3, 0.4) is 0 Å². The van der Waals surface area contributed by atoms with Crippen molar-refractivity contribution >= 4 is 29.0 Å². The average molecular weight is 344 g/mol. The molecule has 0 bridgehead atoms. The lowest BCUT2D eigenvalue weighted by Crippen LogP contribution is -2.11. The lowest BCUT2D eigenvalue weighted by Gasteiger charge is -2.10. The summed E-state index contributed by atoms with van der Waals surface area (Å²) < 4.78 is 36.8. The summed E-state index contributed by atoms with van der Waals surface area (Å²) in [7, 11) is 0. The molecule has 0 aliphatic heterocycles. The van der Waals surface area contributed by atoms with E-state index in [1.165, 1.54) is 12.3 Å². The van der Waals surface area contributed by atoms with Gasteiger partial charge in [0.15, 0.2) is 0 Å². The molecule has 1 aromatic carbocycles. The number of rotatable bonds is 5. The number of primary amides is 1. The zero-order valence-electron chi connectivity index (χ0n) is 11.8. The number of hydrogen-bond acceptors (Lipinski definition) is 3. The first-order valence-electron chi connectivity index (χ1n) is 6.63. The maximum Gasteiger partial charge on any atom is 0.389 e. The molecule has 2 rings (SSSR count). The number of aromatic nitrogens is 1. The number of alkyl halides is 3. The fourth-order valence-electron chi connectivity index (χ4n) is 1.89. The summed E-state index contributed by atoms with van der Waals surface area (Å²) in [5.74, 6) is -0.371. The number of benzene rings is 1. The maximum absolute atomic E-state index is 12.3. The van der Waals surface area contributed by atoms with E-state index in [1.54, 1.807) is 24.3 Å². The number of hydrogen-bond donors (Lipinski definition) is 2. The summed E-state index contributed by atoms with van der Waals surface area (Å²) in [6, 6.07) is 7.89. The van der Waals surface area contributed by atoms with Gasteiger partial charge in [-0.05, 0) is 30.2 Å². The van der Waals surface area contributed by atoms with Crippen molar-refractivity contribution in [3.05, 3.63) is 52.7 Å². The van der Waals surface area contributed by atoms with Crippen LogP contribution in [0, 0.1) is 0 Å². The van der Waals surface area contributed by atoms with E-state index < -0.39 is 18.5 Å². The highest BCUT2D eigenvalue weighted by molar-refractivity contribution is 6.33. The van der Waals surface area contributed by atoms with Crippen LogP contribution in [0.1, 0.15) is 22.3 Å². The van der Waals surface area contributed by atoms with Crippen LogP contribution in [0.25, 0.3) is 0 Å². The maximum atomic E-state index is 12.3. The number of aryl methyl sites for hydroxylation is 1. The Morgan fingerprint density at radius 3 is 2.65 bits per heavy atom. The van der Waals surface area contributed by atoms with E-state index in [0.29, 0.717) is 11.3 Å². The van der Waals surface area contributed by atoms with Crippen molar-refractivity contribution in [1.82, 2.24) is 4.98 Å². The van der Waals surface area contributed by atoms with Crippen LogP contribution in [-0.2, 0) is 6.42 Å². The average Bonchev–Trinajstić information content (AvgIpc) is 2.47. The third kappa shape index (κ3) is 5.14. The third-order valence-corrected chi connectivity index (χ3v) is 3.30. The van der Waals surface area contributed by atoms with Crippen LogP contribution in [0.4, 0.5) is 24.7 Å². The van der Waals surface area contributed by atoms with Gasteiger partial charge in [-0.3, -0.25) is 4.79 Å². The Hall–Kier alpha value is -2.28. The fraction of sp³-hybridized carbons (Fsp3) is 0.200. The van der Waals surface area contributed by atoms with Crippen LogP contribution in [-0.4, -0.2) is 17.1 Å². The van der Waals surface area contributed by atoms with Crippen molar-refractivity contribution in [3.63, 3.8) is 0 Å². The summed E-state index contributed by atoms with van der Waals surface area (Å²) in [5.41, 5.74) is 6.38. The van der Waals surface area contributed by atoms with Crippen LogP contribution >= 0.6 is 11.6 Å². The molecule has 0 fully saturated rings. The Kier molecular flexibility index (Phi) is 5.10. The number of anilines is 2. The molecule has 122 valence electrons. The highest BCUT2D eigenvalue weighted by atomic mass is 35.5. The Morgan fingerprint density at radius 1 is 1.30 bits per heavy atom. The Morgan fingerprint density at radius 2 is 2.04 bits per heavy atom. The van der Waals surface area contributed by atoms with Crippen molar-refractivity contribution in [1.29, 1.82) is 0 Å². The molecule has 8 heteroatoms. The quantitative estimate of drug-likeness (QED) is 0.859. The molecule has 23 heavy (non-hydrogen) atoms. The molecule has 3 N–H and O–H groups in total. The Bertz CT molecular complexity index is 719. The van der Waals surface area contributed by atoms with Crippen LogP contribution in [0.5, 0.6) is 0 Å². The first-order valence-corrected chi connectivity index (χ1v) is 7.00. The summed E-state index contributed by atoms with van der Waals surface area (Å²) >= 11 is 6.00. The van der Waals surface area contributed by atoms with Crippen molar-refractivity contribution < 1.29 is 18.0 Å². The van der Waals surface area contributed by atoms with Gasteiger partial charge in [0.05, 0.1) is 10.6 Å². The molecule has 1 amide bonds. The Labute approximate surface area is 135 Å². The van der Waals surface area contributed by atoms with E-state index in [-0.39, 0.29) is 22.8 Å². The zero-order valence-corrected chi connectivity index (χ0v) is 12.6. The van der Waals surface area contributed by atoms with Gasteiger partial charge in [-0.2, -0.15) is 13.2 Å². The standard InChI is InChI=1S/C15H13ClF3N3O/c16-12-7-10(13(20)23)8-21-14(12)22-11-3-1-2-9(6-11)4-5-15(17,18)19/h1-3,6-8H,4-5H2,(H2,20,23)(H,21,22). The summed E-state index contributed by atoms with van der Waals surface area (Å²) in [6.45, 7) is 0. The van der Waals surface area contributed by atoms with E-state index in [4.69, 9.17) is 17.3 Å². The highest BCUT2D eigenvalue weighted by Gasteiger charge is 2.26. The van der Waals surface area contributed by atoms with E-state index in [2.05, 4.69) is 10.3 Å². The first kappa shape index (κ1) is 17.1. The summed E-state index contributed by atoms with van der Waals surface area (Å²) in [5, 5.41) is 3.08. The lowest BCUT2D eigenvalue weighted by molar-refractivity contribution is -0.133. The minimum Gasteiger partial charge on any atom is -0.366 e. The fourth-order valence-corrected chi connectivity index (χ4v) is 2.11. The molecular weight excluding hydrogens is 331 g/mol. The van der Waals surface area contributed by atoms with Crippen molar-refractivity contribution in [2.24, 2.45) is 5.73 Å². The van der Waals surface area contributed by atoms with Gasteiger partial charge in [0.1, 0.15) is 5.82 Å². The number of pyridine rings is 1. The van der Waals surface area contributed by atoms with Gasteiger partial charge in [0, 0.05) is 18.3 Å². The SMILES string of the molecule is NC(=O)c1cnc(Nc2cccc(CCC(F)(F)F)c2)c(Cl)c1. The molecule has 0 atom stereocenters. The van der Waals surface area contributed by atoms with Gasteiger partial charge in [0.2, 0.25) is 5.91 Å². The number of carbonyl (C=O) groups is 1. The lowest BCUT2D eigenvalue weighted by atomic mass is 10.1. The van der Waals surface area contributed by atoms with Crippen molar-refractivity contribution in [3.8, 4) is 0 Å². The van der Waals surface area contributed by atoms with Crippen molar-refractivity contribution in [2.45, 2.75) is 19.0 Å². The van der Waals surface area contributed by atoms with Crippen molar-refractivity contribution in [2.75, 3.05) is 5.32 Å². The van der Waals surface area contributed by atoms with Gasteiger partial charge in [-0.1, -0.05) is 23.7 Å². The van der Waals surface area contributed by atoms with Gasteiger partial charge in [-0.15, -0.1) is 0 Å². The number of nitrogens with one attached hydrogen (secondary N) is 1. The second kappa shape index (κ2) is 6.87. The number of carbonyl (C=O) groups excluding carboxylic acids is 1. The molecular formula is C15H13ClF3N3O. The van der Waals surface area contributed by atoms with E-state index in [1.807, 2.05) is 0 Å². The molecule has 0 aliphatic rings. The first-order chi connectivity index (χ1) is 10.7. The molecule has 0 radical (unpaired) electrons. The Balaban J connectivity index is 2.13. The predicted molar refractivity (Wildman–Crippen MR) is 81.9 cm³/mol. The summed E-state index contributed by atoms with van der Waals surface area (Å²) in [4.78, 5) is 15.0. The molecule has 1 aromatic heterocycles. The third-order valence-electron chi connectivity index (χ3n) is 3.01. The molecule has 4 nitrogen and oxygen atoms in total. The van der Waals surface area contributed by atoms with Gasteiger partial charge in [0.25, 0.3) is 0 Å². The van der Waals surface area contributed by atoms with Gasteiger partial charge < -0.3 is 11.1 Å². The second-order valence-electron chi connectivity index (χ2n) is 4.86. The smallest absolute Gasteiger partial charge is 0.366 e. The van der Waals surface area contributed by atoms with Crippen LogP contribution in [0.2, 0.25) is 5.02 Å². The number of amides is 1. The molecule has 0 saturated heterocycles. The largest absolute Gasteiger partial charge is 0.389 e. The number of nitrogens with two attached hydrogens (primary N) is 1. The zero-order chi connectivity index (χ0) is 17.0. The van der Waals surface area contributed by atoms with E-state index in [9.17, 15) is 18.0 Å². The molecule has 0 spiro atoms. The number of halogens is 4.